The highest BCUT2D eigenvalue weighted by molar-refractivity contribution is 5.81. The van der Waals surface area contributed by atoms with Crippen LogP contribution < -0.4 is 5.32 Å². The maximum atomic E-state index is 11.9. The van der Waals surface area contributed by atoms with Gasteiger partial charge in [0.15, 0.2) is 6.29 Å². The summed E-state index contributed by atoms with van der Waals surface area (Å²) < 4.78 is 40.5. The van der Waals surface area contributed by atoms with Crippen molar-refractivity contribution in [1.82, 2.24) is 5.32 Å². The molecule has 0 saturated carbocycles. The SMILES string of the molecule is O=C(N[C@@H]1C[C@H](O)[C@@H](CO)O[C@@H]1O)C(F)(F)F. The predicted octanol–water partition coefficient (Wildman–Crippen LogP) is -1.51. The minimum atomic E-state index is -5.07. The Morgan fingerprint density at radius 1 is 1.41 bits per heavy atom. The van der Waals surface area contributed by atoms with E-state index in [2.05, 4.69) is 4.74 Å². The second-order valence-electron chi connectivity index (χ2n) is 3.63. The van der Waals surface area contributed by atoms with Gasteiger partial charge in [0.25, 0.3) is 0 Å². The fourth-order valence-corrected chi connectivity index (χ4v) is 1.44. The smallest absolute Gasteiger partial charge is 0.394 e. The topological polar surface area (TPSA) is 99.0 Å². The number of nitrogens with one attached hydrogen (secondary N) is 1. The molecule has 1 aliphatic heterocycles. The van der Waals surface area contributed by atoms with Gasteiger partial charge in [0.2, 0.25) is 0 Å². The Kier molecular flexibility index (Phi) is 4.31. The number of halogens is 3. The number of ether oxygens (including phenoxy) is 1. The number of aliphatic hydroxyl groups excluding tert-OH is 3. The maximum absolute atomic E-state index is 11.9. The molecule has 17 heavy (non-hydrogen) atoms. The number of hydrogen-bond donors (Lipinski definition) is 4. The molecule has 1 fully saturated rings. The zero-order valence-corrected chi connectivity index (χ0v) is 8.52. The van der Waals surface area contributed by atoms with Crippen LogP contribution >= 0.6 is 0 Å². The first-order valence-corrected chi connectivity index (χ1v) is 4.76. The largest absolute Gasteiger partial charge is 0.471 e. The number of aliphatic hydroxyl groups is 3. The quantitative estimate of drug-likeness (QED) is 0.483. The molecule has 4 atom stereocenters. The summed E-state index contributed by atoms with van der Waals surface area (Å²) in [5, 5.41) is 28.8. The number of hydrogen-bond acceptors (Lipinski definition) is 5. The minimum absolute atomic E-state index is 0.339. The molecule has 9 heteroatoms. The van der Waals surface area contributed by atoms with Gasteiger partial charge in [0.05, 0.1) is 18.8 Å². The van der Waals surface area contributed by atoms with E-state index >= 15 is 0 Å². The second kappa shape index (κ2) is 5.17. The molecule has 1 aliphatic rings. The van der Waals surface area contributed by atoms with Gasteiger partial charge in [-0.15, -0.1) is 0 Å². The molecule has 0 aromatic rings. The van der Waals surface area contributed by atoms with E-state index in [-0.39, 0.29) is 6.42 Å². The molecular weight excluding hydrogens is 247 g/mol. The van der Waals surface area contributed by atoms with Crippen molar-refractivity contribution in [3.63, 3.8) is 0 Å². The standard InChI is InChI=1S/C8H12F3NO5/c9-8(10,11)7(16)12-3-1-4(14)5(2-13)17-6(3)15/h3-6,13-15H,1-2H2,(H,12,16)/t3-,4+,5-,6+/m1/s1. The number of alkyl halides is 3. The van der Waals surface area contributed by atoms with Crippen molar-refractivity contribution in [2.24, 2.45) is 0 Å². The summed E-state index contributed by atoms with van der Waals surface area (Å²) in [4.78, 5) is 10.6. The average molecular weight is 259 g/mol. The van der Waals surface area contributed by atoms with Gasteiger partial charge in [-0.2, -0.15) is 13.2 Å². The van der Waals surface area contributed by atoms with Gasteiger partial charge in [-0.25, -0.2) is 0 Å². The molecular formula is C8H12F3NO5. The Hall–Kier alpha value is -0.900. The van der Waals surface area contributed by atoms with Gasteiger partial charge in [0.1, 0.15) is 6.10 Å². The lowest BCUT2D eigenvalue weighted by atomic mass is 10.0. The molecule has 1 amide bonds. The first-order valence-electron chi connectivity index (χ1n) is 4.76. The first kappa shape index (κ1) is 14.2. The molecule has 0 aromatic carbocycles. The van der Waals surface area contributed by atoms with Crippen LogP contribution in [-0.4, -0.2) is 58.5 Å². The zero-order chi connectivity index (χ0) is 13.2. The van der Waals surface area contributed by atoms with Crippen LogP contribution in [-0.2, 0) is 9.53 Å². The van der Waals surface area contributed by atoms with Crippen molar-refractivity contribution in [3.05, 3.63) is 0 Å². The second-order valence-corrected chi connectivity index (χ2v) is 3.63. The fraction of sp³-hybridized carbons (Fsp3) is 0.875. The van der Waals surface area contributed by atoms with Crippen LogP contribution in [0, 0.1) is 0 Å². The van der Waals surface area contributed by atoms with Gasteiger partial charge in [-0.3, -0.25) is 4.79 Å². The van der Waals surface area contributed by atoms with Crippen LogP contribution in [0.2, 0.25) is 0 Å². The molecule has 0 aliphatic carbocycles. The van der Waals surface area contributed by atoms with Crippen LogP contribution in [0.4, 0.5) is 13.2 Å². The molecule has 1 saturated heterocycles. The Bertz CT molecular complexity index is 285. The lowest BCUT2D eigenvalue weighted by Gasteiger charge is -2.36. The maximum Gasteiger partial charge on any atom is 0.471 e. The Morgan fingerprint density at radius 2 is 2.00 bits per heavy atom. The molecule has 4 N–H and O–H groups in total. The van der Waals surface area contributed by atoms with Crippen LogP contribution in [0.1, 0.15) is 6.42 Å². The number of carbonyl (C=O) groups is 1. The van der Waals surface area contributed by atoms with Gasteiger partial charge < -0.3 is 25.4 Å². The van der Waals surface area contributed by atoms with Gasteiger partial charge >= 0.3 is 12.1 Å². The normalized spacial score (nSPS) is 34.5. The van der Waals surface area contributed by atoms with Crippen molar-refractivity contribution >= 4 is 5.91 Å². The summed E-state index contributed by atoms with van der Waals surface area (Å²) in [7, 11) is 0. The highest BCUT2D eigenvalue weighted by Crippen LogP contribution is 2.21. The van der Waals surface area contributed by atoms with Crippen LogP contribution in [0.15, 0.2) is 0 Å². The van der Waals surface area contributed by atoms with Crippen molar-refractivity contribution < 1.29 is 38.0 Å². The van der Waals surface area contributed by atoms with Crippen LogP contribution in [0.25, 0.3) is 0 Å². The molecule has 0 bridgehead atoms. The lowest BCUT2D eigenvalue weighted by Crippen LogP contribution is -2.57. The molecule has 0 radical (unpaired) electrons. The fourth-order valence-electron chi connectivity index (χ4n) is 1.44. The third-order valence-corrected chi connectivity index (χ3v) is 2.34. The summed E-state index contributed by atoms with van der Waals surface area (Å²) in [5.41, 5.74) is 0. The zero-order valence-electron chi connectivity index (χ0n) is 8.52. The summed E-state index contributed by atoms with van der Waals surface area (Å²) >= 11 is 0. The van der Waals surface area contributed by atoms with Gasteiger partial charge in [-0.05, 0) is 0 Å². The Labute approximate surface area is 94.0 Å². The summed E-state index contributed by atoms with van der Waals surface area (Å²) in [6.45, 7) is -0.585. The van der Waals surface area contributed by atoms with E-state index in [1.807, 2.05) is 0 Å². The van der Waals surface area contributed by atoms with Crippen molar-refractivity contribution in [2.45, 2.75) is 37.1 Å². The Balaban J connectivity index is 2.59. The molecule has 0 unspecified atom stereocenters. The van der Waals surface area contributed by atoms with E-state index in [0.29, 0.717) is 0 Å². The molecule has 6 nitrogen and oxygen atoms in total. The van der Waals surface area contributed by atoms with Gasteiger partial charge in [0, 0.05) is 6.42 Å². The van der Waals surface area contributed by atoms with Gasteiger partial charge in [-0.1, -0.05) is 0 Å². The molecule has 0 spiro atoms. The summed E-state index contributed by atoms with van der Waals surface area (Å²) in [6.07, 6.45) is -9.46. The monoisotopic (exact) mass is 259 g/mol. The first-order chi connectivity index (χ1) is 7.75. The third-order valence-electron chi connectivity index (χ3n) is 2.34. The van der Waals surface area contributed by atoms with E-state index in [9.17, 15) is 28.2 Å². The predicted molar refractivity (Wildman–Crippen MR) is 46.6 cm³/mol. The average Bonchev–Trinajstić information content (AvgIpc) is 2.21. The Morgan fingerprint density at radius 3 is 2.47 bits per heavy atom. The van der Waals surface area contributed by atoms with Crippen LogP contribution in [0.3, 0.4) is 0 Å². The van der Waals surface area contributed by atoms with Crippen LogP contribution in [0.5, 0.6) is 0 Å². The van der Waals surface area contributed by atoms with Crippen molar-refractivity contribution in [3.8, 4) is 0 Å². The number of carbonyl (C=O) groups excluding carboxylic acids is 1. The van der Waals surface area contributed by atoms with E-state index in [1.165, 1.54) is 5.32 Å². The highest BCUT2D eigenvalue weighted by atomic mass is 19.4. The molecule has 0 aromatic heterocycles. The van der Waals surface area contributed by atoms with E-state index < -0.39 is 43.2 Å². The summed E-state index contributed by atoms with van der Waals surface area (Å²) in [6, 6.07) is -1.37. The van der Waals surface area contributed by atoms with Crippen molar-refractivity contribution in [1.29, 1.82) is 0 Å². The molecule has 100 valence electrons. The minimum Gasteiger partial charge on any atom is -0.394 e. The van der Waals surface area contributed by atoms with E-state index in [1.54, 1.807) is 0 Å². The number of rotatable bonds is 2. The van der Waals surface area contributed by atoms with E-state index in [4.69, 9.17) is 5.11 Å². The molecule has 1 rings (SSSR count). The third kappa shape index (κ3) is 3.53. The summed E-state index contributed by atoms with van der Waals surface area (Å²) in [5.74, 6) is -2.22. The van der Waals surface area contributed by atoms with Crippen molar-refractivity contribution in [2.75, 3.05) is 6.61 Å². The lowest BCUT2D eigenvalue weighted by molar-refractivity contribution is -0.224. The highest BCUT2D eigenvalue weighted by Gasteiger charge is 2.43. The van der Waals surface area contributed by atoms with E-state index in [0.717, 1.165) is 0 Å². The number of amides is 1. The molecule has 1 heterocycles.